The van der Waals surface area contributed by atoms with Gasteiger partial charge in [0.2, 0.25) is 0 Å². The van der Waals surface area contributed by atoms with E-state index >= 15 is 0 Å². The molecule has 0 aromatic rings. The molecule has 0 saturated carbocycles. The second-order valence-corrected chi connectivity index (χ2v) is 5.32. The summed E-state index contributed by atoms with van der Waals surface area (Å²) in [5, 5.41) is 9.07. The van der Waals surface area contributed by atoms with Gasteiger partial charge in [0, 0.05) is 6.42 Å². The van der Waals surface area contributed by atoms with Crippen LogP contribution < -0.4 is 21.7 Å². The van der Waals surface area contributed by atoms with E-state index in [-0.39, 0.29) is 19.4 Å². The predicted octanol–water partition coefficient (Wildman–Crippen LogP) is -3.22. The molecule has 0 heterocycles. The standard InChI is InChI=1S/C4H14N4O6S2/c5-4(6,14-16(8,11)12)2-1-3-13-15(7,9)10/h1-3,5-6H2,(H2,7,9,10)(H2,8,11,12). The van der Waals surface area contributed by atoms with Crippen molar-refractivity contribution in [1.82, 2.24) is 0 Å². The molecule has 0 aliphatic heterocycles. The molecule has 98 valence electrons. The summed E-state index contributed by atoms with van der Waals surface area (Å²) in [5.74, 6) is -2.02. The minimum absolute atomic E-state index is 0.0128. The van der Waals surface area contributed by atoms with Gasteiger partial charge in [0.1, 0.15) is 0 Å². The highest BCUT2D eigenvalue weighted by Crippen LogP contribution is 2.07. The Balaban J connectivity index is 4.02. The summed E-state index contributed by atoms with van der Waals surface area (Å²) in [6.07, 6.45) is -0.183. The summed E-state index contributed by atoms with van der Waals surface area (Å²) in [5.41, 5.74) is 10.4. The van der Waals surface area contributed by atoms with Gasteiger partial charge >= 0.3 is 20.6 Å². The molecule has 0 aliphatic carbocycles. The Morgan fingerprint density at radius 2 is 1.50 bits per heavy atom. The molecule has 0 aromatic heterocycles. The van der Waals surface area contributed by atoms with Crippen LogP contribution in [0.4, 0.5) is 0 Å². The molecule has 0 atom stereocenters. The molecule has 0 amide bonds. The molecule has 0 unspecified atom stereocenters. The smallest absolute Gasteiger partial charge is 0.290 e. The third kappa shape index (κ3) is 10.2. The number of rotatable bonds is 7. The van der Waals surface area contributed by atoms with Gasteiger partial charge in [-0.1, -0.05) is 0 Å². The number of hydrogen-bond acceptors (Lipinski definition) is 8. The fourth-order valence-electron chi connectivity index (χ4n) is 0.781. The monoisotopic (exact) mass is 278 g/mol. The van der Waals surface area contributed by atoms with E-state index in [4.69, 9.17) is 11.5 Å². The van der Waals surface area contributed by atoms with Crippen molar-refractivity contribution in [2.75, 3.05) is 6.61 Å². The SMILES string of the molecule is NC(N)(CCCOS(N)(=O)=O)OS(N)(=O)=O. The third-order valence-electron chi connectivity index (χ3n) is 1.23. The Kier molecular flexibility index (Phi) is 5.21. The van der Waals surface area contributed by atoms with E-state index < -0.39 is 26.5 Å². The molecule has 0 rings (SSSR count). The minimum Gasteiger partial charge on any atom is -0.290 e. The van der Waals surface area contributed by atoms with Crippen molar-refractivity contribution in [1.29, 1.82) is 0 Å². The average molecular weight is 278 g/mol. The van der Waals surface area contributed by atoms with Gasteiger partial charge < -0.3 is 0 Å². The van der Waals surface area contributed by atoms with Crippen LogP contribution >= 0.6 is 0 Å². The van der Waals surface area contributed by atoms with E-state index in [1.165, 1.54) is 0 Å². The molecule has 0 radical (unpaired) electrons. The van der Waals surface area contributed by atoms with Crippen molar-refractivity contribution in [3.05, 3.63) is 0 Å². The second-order valence-electron chi connectivity index (χ2n) is 2.95. The lowest BCUT2D eigenvalue weighted by Crippen LogP contribution is -2.54. The van der Waals surface area contributed by atoms with E-state index in [1.54, 1.807) is 0 Å². The first-order valence-electron chi connectivity index (χ1n) is 3.90. The van der Waals surface area contributed by atoms with E-state index in [0.717, 1.165) is 0 Å². The first-order chi connectivity index (χ1) is 6.91. The summed E-state index contributed by atoms with van der Waals surface area (Å²) < 4.78 is 49.9. The Bertz CT molecular complexity index is 414. The molecule has 0 saturated heterocycles. The van der Waals surface area contributed by atoms with Crippen LogP contribution in [0.15, 0.2) is 0 Å². The quantitative estimate of drug-likeness (QED) is 0.276. The molecule has 0 spiro atoms. The van der Waals surface area contributed by atoms with Gasteiger partial charge in [0.15, 0.2) is 5.85 Å². The van der Waals surface area contributed by atoms with Crippen molar-refractivity contribution in [3.63, 3.8) is 0 Å². The lowest BCUT2D eigenvalue weighted by atomic mass is 10.2. The Labute approximate surface area is 93.4 Å². The fraction of sp³-hybridized carbons (Fsp3) is 1.00. The molecule has 0 bridgehead atoms. The fourth-order valence-corrected chi connectivity index (χ4v) is 1.65. The van der Waals surface area contributed by atoms with Crippen LogP contribution in [0.2, 0.25) is 0 Å². The second kappa shape index (κ2) is 5.33. The van der Waals surface area contributed by atoms with Crippen LogP contribution in [0.1, 0.15) is 12.8 Å². The molecular formula is C4H14N4O6S2. The van der Waals surface area contributed by atoms with Crippen molar-refractivity contribution in [3.8, 4) is 0 Å². The van der Waals surface area contributed by atoms with E-state index in [1.807, 2.05) is 0 Å². The largest absolute Gasteiger partial charge is 0.336 e. The van der Waals surface area contributed by atoms with Gasteiger partial charge in [-0.15, -0.1) is 0 Å². The van der Waals surface area contributed by atoms with Gasteiger partial charge in [-0.3, -0.25) is 15.7 Å². The lowest BCUT2D eigenvalue weighted by Gasteiger charge is -2.22. The Morgan fingerprint density at radius 3 is 1.88 bits per heavy atom. The van der Waals surface area contributed by atoms with E-state index in [2.05, 4.69) is 18.6 Å². The summed E-state index contributed by atoms with van der Waals surface area (Å²) in [7, 11) is -8.32. The van der Waals surface area contributed by atoms with Crippen LogP contribution in [0.25, 0.3) is 0 Å². The minimum atomic E-state index is -4.28. The highest BCUT2D eigenvalue weighted by molar-refractivity contribution is 7.84. The zero-order valence-corrected chi connectivity index (χ0v) is 9.83. The number of hydrogen-bond donors (Lipinski definition) is 4. The maximum Gasteiger partial charge on any atom is 0.336 e. The van der Waals surface area contributed by atoms with Crippen LogP contribution in [0, 0.1) is 0 Å². The lowest BCUT2D eigenvalue weighted by molar-refractivity contribution is 0.0739. The molecule has 8 N–H and O–H groups in total. The number of nitrogens with two attached hydrogens (primary N) is 4. The third-order valence-corrected chi connectivity index (χ3v) is 2.27. The summed E-state index contributed by atoms with van der Waals surface area (Å²) >= 11 is 0. The zero-order valence-electron chi connectivity index (χ0n) is 8.20. The summed E-state index contributed by atoms with van der Waals surface area (Å²) in [6, 6.07) is 0. The van der Waals surface area contributed by atoms with Crippen LogP contribution in [0.5, 0.6) is 0 Å². The van der Waals surface area contributed by atoms with Crippen molar-refractivity contribution >= 4 is 20.6 Å². The zero-order chi connectivity index (χ0) is 13.0. The van der Waals surface area contributed by atoms with Gasteiger partial charge in [0.25, 0.3) is 0 Å². The molecular weight excluding hydrogens is 264 g/mol. The van der Waals surface area contributed by atoms with Gasteiger partial charge in [-0.25, -0.2) is 14.5 Å². The normalized spacial score (nSPS) is 14.0. The Hall–Kier alpha value is -0.340. The van der Waals surface area contributed by atoms with Crippen LogP contribution in [-0.4, -0.2) is 29.3 Å². The first-order valence-corrected chi connectivity index (χ1v) is 6.84. The highest BCUT2D eigenvalue weighted by atomic mass is 32.2. The van der Waals surface area contributed by atoms with Gasteiger partial charge in [-0.2, -0.15) is 16.8 Å². The van der Waals surface area contributed by atoms with E-state index in [0.29, 0.717) is 0 Å². The highest BCUT2D eigenvalue weighted by Gasteiger charge is 2.25. The summed E-state index contributed by atoms with van der Waals surface area (Å²) in [4.78, 5) is 0. The van der Waals surface area contributed by atoms with Crippen molar-refractivity contribution < 1.29 is 25.2 Å². The molecule has 0 aliphatic rings. The maximum absolute atomic E-state index is 10.5. The van der Waals surface area contributed by atoms with Gasteiger partial charge in [0.05, 0.1) is 6.61 Å². The Morgan fingerprint density at radius 1 is 1.00 bits per heavy atom. The van der Waals surface area contributed by atoms with Crippen LogP contribution in [-0.2, 0) is 29.0 Å². The average Bonchev–Trinajstić information content (AvgIpc) is 1.91. The maximum atomic E-state index is 10.5. The van der Waals surface area contributed by atoms with Crippen LogP contribution in [0.3, 0.4) is 0 Å². The van der Waals surface area contributed by atoms with E-state index in [9.17, 15) is 16.8 Å². The molecule has 10 nitrogen and oxygen atoms in total. The molecule has 0 aromatic carbocycles. The topological polar surface area (TPSA) is 191 Å². The first kappa shape index (κ1) is 15.7. The molecule has 12 heteroatoms. The predicted molar refractivity (Wildman–Crippen MR) is 53.6 cm³/mol. The van der Waals surface area contributed by atoms with Gasteiger partial charge in [-0.05, 0) is 6.42 Å². The van der Waals surface area contributed by atoms with Crippen molar-refractivity contribution in [2.45, 2.75) is 18.7 Å². The van der Waals surface area contributed by atoms with Crippen molar-refractivity contribution in [2.24, 2.45) is 21.7 Å². The summed E-state index contributed by atoms with van der Waals surface area (Å²) in [6.45, 7) is -0.303. The molecule has 0 fully saturated rings. The molecule has 16 heavy (non-hydrogen) atoms.